The highest BCUT2D eigenvalue weighted by Crippen LogP contribution is 2.14. The van der Waals surface area contributed by atoms with E-state index in [9.17, 15) is 9.59 Å². The third kappa shape index (κ3) is 3.28. The van der Waals surface area contributed by atoms with Gasteiger partial charge in [0.1, 0.15) is 5.82 Å². The van der Waals surface area contributed by atoms with E-state index in [0.29, 0.717) is 11.4 Å². The lowest BCUT2D eigenvalue weighted by molar-refractivity contribution is -0.136. The van der Waals surface area contributed by atoms with Gasteiger partial charge < -0.3 is 10.1 Å². The molecular weight excluding hydrogens is 244 g/mol. The average molecular weight is 258 g/mol. The molecule has 0 unspecified atom stereocenters. The standard InChI is InChI=1S/C14H14N2O3/c1-9-3-2-4-10(7-9)13-15-8-11(14(19)16-13)5-6-12(17)18/h2-4,7-8H,5-6H2,1H3,(H,17,18)(H,15,16,19). The predicted molar refractivity (Wildman–Crippen MR) is 71.0 cm³/mol. The van der Waals surface area contributed by atoms with E-state index in [0.717, 1.165) is 11.1 Å². The summed E-state index contributed by atoms with van der Waals surface area (Å²) in [6, 6.07) is 7.64. The lowest BCUT2D eigenvalue weighted by Gasteiger charge is -2.03. The minimum absolute atomic E-state index is 0.0748. The number of benzene rings is 1. The van der Waals surface area contributed by atoms with Crippen LogP contribution in [0.4, 0.5) is 0 Å². The third-order valence-corrected chi connectivity index (χ3v) is 2.77. The maximum absolute atomic E-state index is 11.8. The molecule has 98 valence electrons. The van der Waals surface area contributed by atoms with Crippen molar-refractivity contribution in [1.29, 1.82) is 0 Å². The molecule has 1 aromatic carbocycles. The van der Waals surface area contributed by atoms with Crippen molar-refractivity contribution in [1.82, 2.24) is 9.97 Å². The van der Waals surface area contributed by atoms with Gasteiger partial charge >= 0.3 is 5.97 Å². The summed E-state index contributed by atoms with van der Waals surface area (Å²) in [5, 5.41) is 8.60. The maximum atomic E-state index is 11.8. The quantitative estimate of drug-likeness (QED) is 0.875. The van der Waals surface area contributed by atoms with Gasteiger partial charge in [-0.25, -0.2) is 4.98 Å². The van der Waals surface area contributed by atoms with Crippen molar-refractivity contribution in [3.8, 4) is 11.4 Å². The van der Waals surface area contributed by atoms with Crippen molar-refractivity contribution >= 4 is 5.97 Å². The Morgan fingerprint density at radius 2 is 2.21 bits per heavy atom. The maximum Gasteiger partial charge on any atom is 0.303 e. The normalized spacial score (nSPS) is 10.4. The van der Waals surface area contributed by atoms with E-state index in [1.54, 1.807) is 0 Å². The van der Waals surface area contributed by atoms with Crippen LogP contribution in [0.2, 0.25) is 0 Å². The summed E-state index contributed by atoms with van der Waals surface area (Å²) in [6.07, 6.45) is 1.56. The number of carboxylic acid groups (broad SMARTS) is 1. The monoisotopic (exact) mass is 258 g/mol. The number of aromatic amines is 1. The number of nitrogens with one attached hydrogen (secondary N) is 1. The summed E-state index contributed by atoms with van der Waals surface area (Å²) in [4.78, 5) is 29.2. The van der Waals surface area contributed by atoms with Crippen LogP contribution in [0.15, 0.2) is 35.3 Å². The molecule has 0 aliphatic rings. The zero-order chi connectivity index (χ0) is 13.8. The highest BCUT2D eigenvalue weighted by Gasteiger charge is 2.06. The molecule has 0 saturated heterocycles. The zero-order valence-electron chi connectivity index (χ0n) is 10.5. The Bertz CT molecular complexity index is 662. The SMILES string of the molecule is Cc1cccc(-c2ncc(CCC(=O)O)c(=O)[nH]2)c1. The fourth-order valence-corrected chi connectivity index (χ4v) is 1.78. The highest BCUT2D eigenvalue weighted by molar-refractivity contribution is 5.67. The third-order valence-electron chi connectivity index (χ3n) is 2.77. The molecule has 2 N–H and O–H groups in total. The molecule has 1 heterocycles. The second-order valence-corrected chi connectivity index (χ2v) is 4.35. The summed E-state index contributed by atoms with van der Waals surface area (Å²) in [5.41, 5.74) is 2.02. The van der Waals surface area contributed by atoms with Crippen LogP contribution >= 0.6 is 0 Å². The number of nitrogens with zero attached hydrogens (tertiary/aromatic N) is 1. The first-order chi connectivity index (χ1) is 9.06. The first kappa shape index (κ1) is 13.0. The lowest BCUT2D eigenvalue weighted by atomic mass is 10.1. The number of aliphatic carboxylic acids is 1. The fraction of sp³-hybridized carbons (Fsp3) is 0.214. The van der Waals surface area contributed by atoms with Gasteiger partial charge in [-0.3, -0.25) is 9.59 Å². The van der Waals surface area contributed by atoms with E-state index in [-0.39, 0.29) is 18.4 Å². The average Bonchev–Trinajstić information content (AvgIpc) is 2.37. The van der Waals surface area contributed by atoms with Crippen LogP contribution in [0, 0.1) is 6.92 Å². The molecule has 0 bridgehead atoms. The largest absolute Gasteiger partial charge is 0.481 e. The molecule has 0 fully saturated rings. The topological polar surface area (TPSA) is 83.0 Å². The van der Waals surface area contributed by atoms with Gasteiger partial charge in [-0.1, -0.05) is 23.8 Å². The van der Waals surface area contributed by atoms with Crippen molar-refractivity contribution in [3.05, 3.63) is 51.9 Å². The molecule has 5 heteroatoms. The molecule has 0 saturated carbocycles. The Morgan fingerprint density at radius 3 is 2.84 bits per heavy atom. The molecule has 0 atom stereocenters. The van der Waals surface area contributed by atoms with Gasteiger partial charge in [0, 0.05) is 23.7 Å². The van der Waals surface area contributed by atoms with Crippen molar-refractivity contribution in [2.24, 2.45) is 0 Å². The molecule has 0 aliphatic heterocycles. The van der Waals surface area contributed by atoms with Crippen LogP contribution in [0.5, 0.6) is 0 Å². The Hall–Kier alpha value is -2.43. The Labute approximate surface area is 110 Å². The number of carbonyl (C=O) groups is 1. The number of carboxylic acids is 1. The molecule has 19 heavy (non-hydrogen) atoms. The summed E-state index contributed by atoms with van der Waals surface area (Å²) >= 11 is 0. The minimum Gasteiger partial charge on any atom is -0.481 e. The van der Waals surface area contributed by atoms with Crippen LogP contribution in [-0.2, 0) is 11.2 Å². The van der Waals surface area contributed by atoms with E-state index in [1.165, 1.54) is 6.20 Å². The molecule has 0 amide bonds. The van der Waals surface area contributed by atoms with Gasteiger partial charge in [0.05, 0.1) is 0 Å². The predicted octanol–water partition coefficient (Wildman–Crippen LogP) is 1.76. The van der Waals surface area contributed by atoms with Gasteiger partial charge in [-0.15, -0.1) is 0 Å². The number of hydrogen-bond acceptors (Lipinski definition) is 3. The Morgan fingerprint density at radius 1 is 1.42 bits per heavy atom. The van der Waals surface area contributed by atoms with Gasteiger partial charge in [-0.05, 0) is 19.4 Å². The summed E-state index contributed by atoms with van der Waals surface area (Å²) in [6.45, 7) is 1.96. The van der Waals surface area contributed by atoms with Crippen LogP contribution in [0.1, 0.15) is 17.5 Å². The van der Waals surface area contributed by atoms with Crippen LogP contribution in [-0.4, -0.2) is 21.0 Å². The molecular formula is C14H14N2O3. The Balaban J connectivity index is 2.28. The van der Waals surface area contributed by atoms with E-state index in [2.05, 4.69) is 9.97 Å². The van der Waals surface area contributed by atoms with Gasteiger partial charge in [-0.2, -0.15) is 0 Å². The van der Waals surface area contributed by atoms with Gasteiger partial charge in [0.2, 0.25) is 0 Å². The minimum atomic E-state index is -0.929. The molecule has 0 spiro atoms. The van der Waals surface area contributed by atoms with Crippen LogP contribution in [0.3, 0.4) is 0 Å². The van der Waals surface area contributed by atoms with Gasteiger partial charge in [0.15, 0.2) is 0 Å². The van der Waals surface area contributed by atoms with Crippen LogP contribution in [0.25, 0.3) is 11.4 Å². The van der Waals surface area contributed by atoms with Crippen molar-refractivity contribution in [3.63, 3.8) is 0 Å². The van der Waals surface area contributed by atoms with Crippen LogP contribution < -0.4 is 5.56 Å². The molecule has 1 aromatic heterocycles. The fourth-order valence-electron chi connectivity index (χ4n) is 1.78. The molecule has 2 aromatic rings. The summed E-state index contributed by atoms with van der Waals surface area (Å²) in [7, 11) is 0. The number of hydrogen-bond donors (Lipinski definition) is 2. The van der Waals surface area contributed by atoms with Crippen molar-refractivity contribution < 1.29 is 9.90 Å². The first-order valence-corrected chi connectivity index (χ1v) is 5.93. The number of aryl methyl sites for hydroxylation is 2. The van der Waals surface area contributed by atoms with Crippen molar-refractivity contribution in [2.75, 3.05) is 0 Å². The second-order valence-electron chi connectivity index (χ2n) is 4.35. The summed E-state index contributed by atoms with van der Waals surface area (Å²) < 4.78 is 0. The molecule has 5 nitrogen and oxygen atoms in total. The first-order valence-electron chi connectivity index (χ1n) is 5.93. The van der Waals surface area contributed by atoms with Gasteiger partial charge in [0.25, 0.3) is 5.56 Å². The second kappa shape index (κ2) is 5.48. The molecule has 0 radical (unpaired) electrons. The smallest absolute Gasteiger partial charge is 0.303 e. The summed E-state index contributed by atoms with van der Waals surface area (Å²) in [5.74, 6) is -0.435. The number of aromatic nitrogens is 2. The van der Waals surface area contributed by atoms with Crippen molar-refractivity contribution in [2.45, 2.75) is 19.8 Å². The zero-order valence-corrected chi connectivity index (χ0v) is 10.5. The highest BCUT2D eigenvalue weighted by atomic mass is 16.4. The van der Waals surface area contributed by atoms with E-state index < -0.39 is 5.97 Å². The number of H-pyrrole nitrogens is 1. The van der Waals surface area contributed by atoms with E-state index >= 15 is 0 Å². The molecule has 0 aliphatic carbocycles. The molecule has 2 rings (SSSR count). The van der Waals surface area contributed by atoms with E-state index in [1.807, 2.05) is 31.2 Å². The lowest BCUT2D eigenvalue weighted by Crippen LogP contribution is -2.15. The van der Waals surface area contributed by atoms with E-state index in [4.69, 9.17) is 5.11 Å². The number of rotatable bonds is 4. The Kier molecular flexibility index (Phi) is 3.75.